The zero-order valence-electron chi connectivity index (χ0n) is 10.0. The van der Waals surface area contributed by atoms with Crippen molar-refractivity contribution >= 4 is 39.8 Å². The molecule has 17 heavy (non-hydrogen) atoms. The third-order valence-electron chi connectivity index (χ3n) is 2.88. The molecule has 1 aromatic carbocycles. The highest BCUT2D eigenvalue weighted by atomic mass is 35.5. The Morgan fingerprint density at radius 2 is 1.76 bits per heavy atom. The molecule has 0 bridgehead atoms. The first kappa shape index (κ1) is 12.5. The second-order valence-electron chi connectivity index (χ2n) is 4.43. The number of anilines is 1. The van der Waals surface area contributed by atoms with Crippen molar-refractivity contribution in [3.05, 3.63) is 33.4 Å². The molecule has 0 saturated carbocycles. The van der Waals surface area contributed by atoms with E-state index in [2.05, 4.69) is 18.8 Å². The Kier molecular flexibility index (Phi) is 3.19. The summed E-state index contributed by atoms with van der Waals surface area (Å²) in [7, 11) is 0. The third-order valence-corrected chi connectivity index (χ3v) is 3.50. The number of benzene rings is 1. The van der Waals surface area contributed by atoms with Crippen molar-refractivity contribution in [2.75, 3.05) is 5.73 Å². The zero-order valence-corrected chi connectivity index (χ0v) is 11.5. The first-order valence-electron chi connectivity index (χ1n) is 5.47. The van der Waals surface area contributed by atoms with Gasteiger partial charge in [0.15, 0.2) is 0 Å². The van der Waals surface area contributed by atoms with Gasteiger partial charge in [-0.05, 0) is 30.5 Å². The van der Waals surface area contributed by atoms with E-state index in [1.807, 2.05) is 6.92 Å². The maximum atomic E-state index is 6.21. The number of nitrogen functional groups attached to an aromatic ring is 1. The van der Waals surface area contributed by atoms with Gasteiger partial charge in [0.05, 0.1) is 15.6 Å². The van der Waals surface area contributed by atoms with Crippen LogP contribution >= 0.6 is 23.2 Å². The largest absolute Gasteiger partial charge is 0.398 e. The number of hydrogen-bond donors (Lipinski definition) is 1. The van der Waals surface area contributed by atoms with Crippen LogP contribution in [0.5, 0.6) is 0 Å². The molecule has 0 unspecified atom stereocenters. The second-order valence-corrected chi connectivity index (χ2v) is 5.25. The highest BCUT2D eigenvalue weighted by Crippen LogP contribution is 2.37. The monoisotopic (exact) mass is 268 g/mol. The molecule has 0 amide bonds. The van der Waals surface area contributed by atoms with Gasteiger partial charge in [-0.2, -0.15) is 0 Å². The van der Waals surface area contributed by atoms with Gasteiger partial charge in [0.1, 0.15) is 0 Å². The van der Waals surface area contributed by atoms with Crippen molar-refractivity contribution in [2.45, 2.75) is 26.7 Å². The van der Waals surface area contributed by atoms with E-state index in [0.717, 1.165) is 16.6 Å². The minimum Gasteiger partial charge on any atom is -0.398 e. The molecular weight excluding hydrogens is 255 g/mol. The molecule has 90 valence electrons. The fourth-order valence-electron chi connectivity index (χ4n) is 2.19. The van der Waals surface area contributed by atoms with Crippen molar-refractivity contribution in [1.29, 1.82) is 0 Å². The highest BCUT2D eigenvalue weighted by Gasteiger charge is 2.16. The van der Waals surface area contributed by atoms with Crippen LogP contribution in [0.4, 0.5) is 5.69 Å². The van der Waals surface area contributed by atoms with Crippen LogP contribution in [0.1, 0.15) is 31.0 Å². The summed E-state index contributed by atoms with van der Waals surface area (Å²) in [5.74, 6) is 0.307. The van der Waals surface area contributed by atoms with Gasteiger partial charge in [-0.3, -0.25) is 4.98 Å². The Bertz CT molecular complexity index is 592. The summed E-state index contributed by atoms with van der Waals surface area (Å²) in [6.45, 7) is 6.12. The first-order chi connectivity index (χ1) is 7.93. The van der Waals surface area contributed by atoms with Crippen LogP contribution in [0.25, 0.3) is 10.9 Å². The second kappa shape index (κ2) is 4.35. The summed E-state index contributed by atoms with van der Waals surface area (Å²) in [6, 6.07) is 3.50. The van der Waals surface area contributed by atoms with Gasteiger partial charge in [-0.1, -0.05) is 37.0 Å². The molecule has 2 aromatic rings. The van der Waals surface area contributed by atoms with E-state index < -0.39 is 0 Å². The molecule has 0 aliphatic rings. The summed E-state index contributed by atoms with van der Waals surface area (Å²) < 4.78 is 0. The first-order valence-corrected chi connectivity index (χ1v) is 6.22. The van der Waals surface area contributed by atoms with Gasteiger partial charge in [-0.15, -0.1) is 0 Å². The maximum Gasteiger partial charge on any atom is 0.0927 e. The lowest BCUT2D eigenvalue weighted by atomic mass is 9.97. The molecular formula is C13H14Cl2N2. The smallest absolute Gasteiger partial charge is 0.0927 e. The number of pyridine rings is 1. The van der Waals surface area contributed by atoms with Crippen LogP contribution in [0, 0.1) is 6.92 Å². The van der Waals surface area contributed by atoms with Gasteiger partial charge in [0, 0.05) is 16.8 Å². The maximum absolute atomic E-state index is 6.21. The summed E-state index contributed by atoms with van der Waals surface area (Å²) in [6.07, 6.45) is 0. The fourth-order valence-corrected chi connectivity index (χ4v) is 2.65. The molecule has 0 fully saturated rings. The van der Waals surface area contributed by atoms with Crippen molar-refractivity contribution in [3.8, 4) is 0 Å². The molecule has 1 aromatic heterocycles. The van der Waals surface area contributed by atoms with Crippen LogP contribution < -0.4 is 5.73 Å². The summed E-state index contributed by atoms with van der Waals surface area (Å²) in [4.78, 5) is 4.52. The molecule has 0 aliphatic carbocycles. The van der Waals surface area contributed by atoms with Crippen molar-refractivity contribution in [3.63, 3.8) is 0 Å². The zero-order chi connectivity index (χ0) is 12.7. The Morgan fingerprint density at radius 3 is 2.35 bits per heavy atom. The quantitative estimate of drug-likeness (QED) is 0.824. The van der Waals surface area contributed by atoms with Crippen LogP contribution in [-0.4, -0.2) is 4.98 Å². The topological polar surface area (TPSA) is 38.9 Å². The summed E-state index contributed by atoms with van der Waals surface area (Å²) in [5, 5.41) is 1.93. The van der Waals surface area contributed by atoms with Gasteiger partial charge >= 0.3 is 0 Å². The molecule has 0 radical (unpaired) electrons. The number of fused-ring (bicyclic) bond motifs is 1. The molecule has 1 heterocycles. The molecule has 0 spiro atoms. The molecule has 0 saturated heterocycles. The number of halogens is 2. The number of aromatic nitrogens is 1. The lowest BCUT2D eigenvalue weighted by molar-refractivity contribution is 0.851. The van der Waals surface area contributed by atoms with E-state index in [0.29, 0.717) is 27.2 Å². The minimum atomic E-state index is 0.307. The molecule has 4 heteroatoms. The van der Waals surface area contributed by atoms with E-state index >= 15 is 0 Å². The number of nitrogens with two attached hydrogens (primary N) is 1. The average molecular weight is 269 g/mol. The SMILES string of the molecule is Cc1nc2c(Cl)ccc(Cl)c2c(N)c1C(C)C. The normalized spacial score (nSPS) is 11.4. The lowest BCUT2D eigenvalue weighted by Gasteiger charge is -2.16. The van der Waals surface area contributed by atoms with Crippen molar-refractivity contribution in [1.82, 2.24) is 4.98 Å². The van der Waals surface area contributed by atoms with Gasteiger partial charge in [0.25, 0.3) is 0 Å². The summed E-state index contributed by atoms with van der Waals surface area (Å²) >= 11 is 12.3. The third kappa shape index (κ3) is 1.96. The predicted octanol–water partition coefficient (Wildman–Crippen LogP) is 4.56. The van der Waals surface area contributed by atoms with Crippen molar-refractivity contribution < 1.29 is 0 Å². The molecule has 2 rings (SSSR count). The van der Waals surface area contributed by atoms with Crippen molar-refractivity contribution in [2.24, 2.45) is 0 Å². The number of nitrogens with zero attached hydrogens (tertiary/aromatic N) is 1. The van der Waals surface area contributed by atoms with Crippen LogP contribution in [0.15, 0.2) is 12.1 Å². The molecule has 0 atom stereocenters. The van der Waals surface area contributed by atoms with Gasteiger partial charge < -0.3 is 5.73 Å². The Hall–Kier alpha value is -0.990. The van der Waals surface area contributed by atoms with Gasteiger partial charge in [-0.25, -0.2) is 0 Å². The van der Waals surface area contributed by atoms with Crippen LogP contribution in [0.2, 0.25) is 10.0 Å². The molecule has 2 N–H and O–H groups in total. The Labute approximate surface area is 111 Å². The van der Waals surface area contributed by atoms with E-state index in [1.54, 1.807) is 12.1 Å². The lowest BCUT2D eigenvalue weighted by Crippen LogP contribution is -2.03. The Morgan fingerprint density at radius 1 is 1.18 bits per heavy atom. The number of hydrogen-bond acceptors (Lipinski definition) is 2. The van der Waals surface area contributed by atoms with E-state index in [1.165, 1.54) is 0 Å². The van der Waals surface area contributed by atoms with E-state index in [-0.39, 0.29) is 0 Å². The molecule has 0 aliphatic heterocycles. The highest BCUT2D eigenvalue weighted by molar-refractivity contribution is 6.40. The van der Waals surface area contributed by atoms with Crippen LogP contribution in [0.3, 0.4) is 0 Å². The van der Waals surface area contributed by atoms with E-state index in [9.17, 15) is 0 Å². The average Bonchev–Trinajstić information content (AvgIpc) is 2.22. The Balaban J connectivity index is 2.97. The standard InChI is InChI=1S/C13H14Cl2N2/c1-6(2)10-7(3)17-13-9(15)5-4-8(14)11(13)12(10)16/h4-6H,1-3H3,(H2,16,17). The summed E-state index contributed by atoms with van der Waals surface area (Å²) in [5.41, 5.74) is 9.53. The van der Waals surface area contributed by atoms with Crippen LogP contribution in [-0.2, 0) is 0 Å². The van der Waals surface area contributed by atoms with Gasteiger partial charge in [0.2, 0.25) is 0 Å². The number of aryl methyl sites for hydroxylation is 1. The predicted molar refractivity (Wildman–Crippen MR) is 75.0 cm³/mol. The minimum absolute atomic E-state index is 0.307. The van der Waals surface area contributed by atoms with E-state index in [4.69, 9.17) is 28.9 Å². The molecule has 2 nitrogen and oxygen atoms in total. The fraction of sp³-hybridized carbons (Fsp3) is 0.308. The number of rotatable bonds is 1.